The Bertz CT molecular complexity index is 536. The molecule has 1 saturated heterocycles. The van der Waals surface area contributed by atoms with Crippen LogP contribution in [0.25, 0.3) is 11.0 Å². The largest absolute Gasteiger partial charge is 0.342 e. The summed E-state index contributed by atoms with van der Waals surface area (Å²) in [6.07, 6.45) is 3.59. The molecule has 0 spiro atoms. The Morgan fingerprint density at radius 3 is 3.00 bits per heavy atom. The summed E-state index contributed by atoms with van der Waals surface area (Å²) >= 11 is 0. The third kappa shape index (κ3) is 2.27. The Labute approximate surface area is 108 Å². The van der Waals surface area contributed by atoms with Crippen LogP contribution >= 0.6 is 0 Å². The lowest BCUT2D eigenvalue weighted by atomic mass is 10.0. The summed E-state index contributed by atoms with van der Waals surface area (Å²) in [7, 11) is 0. The van der Waals surface area contributed by atoms with Gasteiger partial charge in [-0.1, -0.05) is 19.9 Å². The predicted octanol–water partition coefficient (Wildman–Crippen LogP) is 2.98. The van der Waals surface area contributed by atoms with Gasteiger partial charge in [0.05, 0.1) is 11.0 Å². The molecular formula is C15H21N3. The normalized spacial score (nSPS) is 20.1. The molecule has 2 N–H and O–H groups in total. The Balaban J connectivity index is 1.85. The highest BCUT2D eigenvalue weighted by atomic mass is 15.0. The van der Waals surface area contributed by atoms with Gasteiger partial charge in [0, 0.05) is 12.5 Å². The average molecular weight is 243 g/mol. The van der Waals surface area contributed by atoms with Gasteiger partial charge in [0.25, 0.3) is 0 Å². The van der Waals surface area contributed by atoms with Crippen LogP contribution in [0.2, 0.25) is 0 Å². The first-order chi connectivity index (χ1) is 8.72. The summed E-state index contributed by atoms with van der Waals surface area (Å²) in [6, 6.07) is 7.16. The maximum atomic E-state index is 4.68. The van der Waals surface area contributed by atoms with Crippen LogP contribution in [0.4, 0.5) is 0 Å². The van der Waals surface area contributed by atoms with Crippen LogP contribution in [0.3, 0.4) is 0 Å². The molecule has 1 aliphatic heterocycles. The lowest BCUT2D eigenvalue weighted by Crippen LogP contribution is -2.24. The molecule has 3 rings (SSSR count). The molecule has 1 aromatic heterocycles. The Kier molecular flexibility index (Phi) is 3.08. The van der Waals surface area contributed by atoms with E-state index in [4.69, 9.17) is 0 Å². The van der Waals surface area contributed by atoms with Crippen LogP contribution in [0.5, 0.6) is 0 Å². The lowest BCUT2D eigenvalue weighted by Gasteiger charge is -2.06. The molecule has 1 aliphatic rings. The third-order valence-corrected chi connectivity index (χ3v) is 3.82. The highest BCUT2D eigenvalue weighted by Gasteiger charge is 2.16. The van der Waals surface area contributed by atoms with Crippen LogP contribution in [0.15, 0.2) is 18.2 Å². The van der Waals surface area contributed by atoms with Crippen molar-refractivity contribution in [2.24, 2.45) is 0 Å². The topological polar surface area (TPSA) is 40.7 Å². The van der Waals surface area contributed by atoms with Crippen molar-refractivity contribution >= 4 is 11.0 Å². The molecule has 1 fully saturated rings. The zero-order valence-electron chi connectivity index (χ0n) is 11.2. The molecule has 1 aromatic carbocycles. The molecular weight excluding hydrogens is 222 g/mol. The fourth-order valence-corrected chi connectivity index (χ4v) is 2.70. The summed E-state index contributed by atoms with van der Waals surface area (Å²) in [5.74, 6) is 1.68. The number of hydrogen-bond donors (Lipinski definition) is 2. The molecule has 3 nitrogen and oxygen atoms in total. The van der Waals surface area contributed by atoms with E-state index in [0.29, 0.717) is 12.0 Å². The van der Waals surface area contributed by atoms with Gasteiger partial charge in [0.15, 0.2) is 0 Å². The van der Waals surface area contributed by atoms with Crippen molar-refractivity contribution < 1.29 is 0 Å². The van der Waals surface area contributed by atoms with E-state index in [9.17, 15) is 0 Å². The summed E-state index contributed by atoms with van der Waals surface area (Å²) in [4.78, 5) is 8.15. The van der Waals surface area contributed by atoms with Crippen LogP contribution in [-0.2, 0) is 6.42 Å². The SMILES string of the molecule is CC(C)c1ccc2nc(CC3CCCN3)[nH]c2c1. The van der Waals surface area contributed by atoms with Crippen molar-refractivity contribution in [3.05, 3.63) is 29.6 Å². The molecule has 0 amide bonds. The molecule has 0 radical (unpaired) electrons. The number of benzene rings is 1. The van der Waals surface area contributed by atoms with Gasteiger partial charge in [-0.15, -0.1) is 0 Å². The second kappa shape index (κ2) is 4.73. The van der Waals surface area contributed by atoms with Gasteiger partial charge >= 0.3 is 0 Å². The fraction of sp³-hybridized carbons (Fsp3) is 0.533. The van der Waals surface area contributed by atoms with Crippen molar-refractivity contribution in [1.29, 1.82) is 0 Å². The smallest absolute Gasteiger partial charge is 0.108 e. The van der Waals surface area contributed by atoms with E-state index in [1.165, 1.54) is 23.9 Å². The Morgan fingerprint density at radius 2 is 2.28 bits per heavy atom. The van der Waals surface area contributed by atoms with Gasteiger partial charge < -0.3 is 10.3 Å². The predicted molar refractivity (Wildman–Crippen MR) is 74.9 cm³/mol. The molecule has 0 saturated carbocycles. The highest BCUT2D eigenvalue weighted by molar-refractivity contribution is 5.76. The monoisotopic (exact) mass is 243 g/mol. The van der Waals surface area contributed by atoms with Crippen LogP contribution in [0, 0.1) is 0 Å². The van der Waals surface area contributed by atoms with Crippen molar-refractivity contribution in [3.63, 3.8) is 0 Å². The van der Waals surface area contributed by atoms with E-state index in [2.05, 4.69) is 47.3 Å². The van der Waals surface area contributed by atoms with Crippen LogP contribution in [0.1, 0.15) is 44.0 Å². The zero-order chi connectivity index (χ0) is 12.5. The lowest BCUT2D eigenvalue weighted by molar-refractivity contribution is 0.589. The number of hydrogen-bond acceptors (Lipinski definition) is 2. The summed E-state index contributed by atoms with van der Waals surface area (Å²) in [6.45, 7) is 5.60. The van der Waals surface area contributed by atoms with E-state index >= 15 is 0 Å². The molecule has 2 heterocycles. The first-order valence-corrected chi connectivity index (χ1v) is 6.94. The molecule has 0 aliphatic carbocycles. The first kappa shape index (κ1) is 11.7. The number of aromatic nitrogens is 2. The first-order valence-electron chi connectivity index (χ1n) is 6.94. The number of fused-ring (bicyclic) bond motifs is 1. The summed E-state index contributed by atoms with van der Waals surface area (Å²) in [5.41, 5.74) is 3.64. The number of H-pyrrole nitrogens is 1. The number of rotatable bonds is 3. The van der Waals surface area contributed by atoms with Crippen molar-refractivity contribution in [2.45, 2.75) is 45.1 Å². The van der Waals surface area contributed by atoms with Crippen LogP contribution < -0.4 is 5.32 Å². The Morgan fingerprint density at radius 1 is 1.39 bits per heavy atom. The number of nitrogens with one attached hydrogen (secondary N) is 2. The fourth-order valence-electron chi connectivity index (χ4n) is 2.70. The van der Waals surface area contributed by atoms with E-state index in [1.807, 2.05) is 0 Å². The number of aromatic amines is 1. The maximum Gasteiger partial charge on any atom is 0.108 e. The minimum absolute atomic E-state index is 0.567. The minimum atomic E-state index is 0.567. The minimum Gasteiger partial charge on any atom is -0.342 e. The maximum absolute atomic E-state index is 4.68. The van der Waals surface area contributed by atoms with Gasteiger partial charge in [-0.2, -0.15) is 0 Å². The van der Waals surface area contributed by atoms with Gasteiger partial charge in [-0.3, -0.25) is 0 Å². The van der Waals surface area contributed by atoms with Gasteiger partial charge in [-0.05, 0) is 43.0 Å². The average Bonchev–Trinajstić information content (AvgIpc) is 2.96. The molecule has 3 heteroatoms. The number of nitrogens with zero attached hydrogens (tertiary/aromatic N) is 1. The Hall–Kier alpha value is -1.35. The van der Waals surface area contributed by atoms with Crippen LogP contribution in [-0.4, -0.2) is 22.6 Å². The second-order valence-electron chi connectivity index (χ2n) is 5.61. The summed E-state index contributed by atoms with van der Waals surface area (Å²) in [5, 5.41) is 3.52. The highest BCUT2D eigenvalue weighted by Crippen LogP contribution is 2.20. The van der Waals surface area contributed by atoms with Gasteiger partial charge in [0.1, 0.15) is 5.82 Å². The van der Waals surface area contributed by atoms with E-state index < -0.39 is 0 Å². The van der Waals surface area contributed by atoms with E-state index in [1.54, 1.807) is 0 Å². The second-order valence-corrected chi connectivity index (χ2v) is 5.61. The molecule has 0 bridgehead atoms. The van der Waals surface area contributed by atoms with Crippen molar-refractivity contribution in [2.75, 3.05) is 6.54 Å². The van der Waals surface area contributed by atoms with Crippen molar-refractivity contribution in [3.8, 4) is 0 Å². The molecule has 1 unspecified atom stereocenters. The summed E-state index contributed by atoms with van der Waals surface area (Å²) < 4.78 is 0. The number of imidazole rings is 1. The molecule has 18 heavy (non-hydrogen) atoms. The van der Waals surface area contributed by atoms with Gasteiger partial charge in [0.2, 0.25) is 0 Å². The third-order valence-electron chi connectivity index (χ3n) is 3.82. The molecule has 2 aromatic rings. The standard InChI is InChI=1S/C15H21N3/c1-10(2)11-5-6-13-14(8-11)18-15(17-13)9-12-4-3-7-16-12/h5-6,8,10,12,16H,3-4,7,9H2,1-2H3,(H,17,18). The molecule has 96 valence electrons. The quantitative estimate of drug-likeness (QED) is 0.870. The zero-order valence-corrected chi connectivity index (χ0v) is 11.2. The van der Waals surface area contributed by atoms with E-state index in [0.717, 1.165) is 24.3 Å². The van der Waals surface area contributed by atoms with Crippen molar-refractivity contribution in [1.82, 2.24) is 15.3 Å². The molecule has 1 atom stereocenters. The van der Waals surface area contributed by atoms with E-state index in [-0.39, 0.29) is 0 Å². The van der Waals surface area contributed by atoms with Gasteiger partial charge in [-0.25, -0.2) is 4.98 Å².